The summed E-state index contributed by atoms with van der Waals surface area (Å²) in [6, 6.07) is 19.9. The van der Waals surface area contributed by atoms with Crippen LogP contribution in [0.3, 0.4) is 0 Å². The van der Waals surface area contributed by atoms with Gasteiger partial charge in [0.05, 0.1) is 12.3 Å². The summed E-state index contributed by atoms with van der Waals surface area (Å²) in [4.78, 5) is 18.8. The minimum Gasteiger partial charge on any atom is -0.290 e. The largest absolute Gasteiger partial charge is 0.290 e. The molecule has 1 fully saturated rings. The molecule has 0 radical (unpaired) electrons. The lowest BCUT2D eigenvalue weighted by molar-refractivity contribution is -0.124. The number of thioether (sulfide) groups is 1. The van der Waals surface area contributed by atoms with Gasteiger partial charge in [-0.25, -0.2) is 4.99 Å². The van der Waals surface area contributed by atoms with Gasteiger partial charge >= 0.3 is 0 Å². The first-order chi connectivity index (χ1) is 14.1. The van der Waals surface area contributed by atoms with Crippen LogP contribution in [0.25, 0.3) is 0 Å². The highest BCUT2D eigenvalue weighted by atomic mass is 35.5. The molecule has 1 aliphatic heterocycles. The molecular weight excluding hydrogens is 404 g/mol. The minimum absolute atomic E-state index is 0.0991. The summed E-state index contributed by atoms with van der Waals surface area (Å²) in [7, 11) is 0. The lowest BCUT2D eigenvalue weighted by atomic mass is 10.1. The number of aryl methyl sites for hydroxylation is 1. The molecule has 0 atom stereocenters. The van der Waals surface area contributed by atoms with Gasteiger partial charge in [0.15, 0.2) is 11.0 Å². The molecule has 1 saturated heterocycles. The maximum Gasteiger partial charge on any atom is 0.239 e. The first-order valence-electron chi connectivity index (χ1n) is 9.43. The Bertz CT molecular complexity index is 1030. The fourth-order valence-electron chi connectivity index (χ4n) is 3.16. The molecule has 0 saturated carbocycles. The van der Waals surface area contributed by atoms with Crippen LogP contribution in [0.15, 0.2) is 65.7 Å². The second-order valence-corrected chi connectivity index (χ2v) is 8.27. The first kappa shape index (κ1) is 19.7. The molecule has 1 aromatic heterocycles. The number of amidine groups is 1. The number of nitrogens with zero attached hydrogens (tertiary/aromatic N) is 4. The number of aliphatic imine (C=N–C) groups is 1. The highest BCUT2D eigenvalue weighted by molar-refractivity contribution is 8.15. The Hall–Kier alpha value is -2.57. The van der Waals surface area contributed by atoms with Gasteiger partial charge in [0.2, 0.25) is 5.91 Å². The number of amides is 1. The van der Waals surface area contributed by atoms with Gasteiger partial charge in [-0.2, -0.15) is 5.10 Å². The third-order valence-electron chi connectivity index (χ3n) is 4.75. The molecule has 1 aliphatic rings. The van der Waals surface area contributed by atoms with E-state index >= 15 is 0 Å². The van der Waals surface area contributed by atoms with Crippen LogP contribution in [0.4, 0.5) is 5.82 Å². The maximum absolute atomic E-state index is 12.3. The molecule has 29 heavy (non-hydrogen) atoms. The number of hydrogen-bond acceptors (Lipinski definition) is 4. The van der Waals surface area contributed by atoms with Crippen LogP contribution in [0.1, 0.15) is 16.8 Å². The van der Waals surface area contributed by atoms with Gasteiger partial charge < -0.3 is 0 Å². The predicted molar refractivity (Wildman–Crippen MR) is 119 cm³/mol. The van der Waals surface area contributed by atoms with Crippen molar-refractivity contribution in [2.75, 3.05) is 12.3 Å². The highest BCUT2D eigenvalue weighted by Crippen LogP contribution is 2.24. The van der Waals surface area contributed by atoms with Crippen molar-refractivity contribution in [1.29, 1.82) is 0 Å². The Morgan fingerprint density at radius 3 is 2.62 bits per heavy atom. The van der Waals surface area contributed by atoms with Crippen molar-refractivity contribution in [2.24, 2.45) is 4.99 Å². The molecular formula is C22H21ClN4OS. The predicted octanol–water partition coefficient (Wildman–Crippen LogP) is 4.70. The van der Waals surface area contributed by atoms with Gasteiger partial charge in [0, 0.05) is 23.3 Å². The third kappa shape index (κ3) is 4.89. The van der Waals surface area contributed by atoms with Crippen molar-refractivity contribution >= 4 is 40.3 Å². The van der Waals surface area contributed by atoms with Crippen LogP contribution in [0, 0.1) is 6.92 Å². The van der Waals surface area contributed by atoms with E-state index in [0.29, 0.717) is 24.7 Å². The molecule has 1 amide bonds. The van der Waals surface area contributed by atoms with Crippen LogP contribution in [0.2, 0.25) is 5.02 Å². The standard InChI is InChI=1S/C22H21ClN4OS/c1-16-13-20(25-27(16)14-18-7-9-19(23)10-8-18)24-22-26(21(28)15-29-22)12-11-17-5-3-2-4-6-17/h2-10,13H,11-12,14-15H2,1H3. The zero-order chi connectivity index (χ0) is 20.2. The number of carbonyl (C=O) groups is 1. The monoisotopic (exact) mass is 424 g/mol. The number of benzene rings is 2. The van der Waals surface area contributed by atoms with Gasteiger partial charge in [-0.3, -0.25) is 14.4 Å². The fourth-order valence-corrected chi connectivity index (χ4v) is 4.20. The second-order valence-electron chi connectivity index (χ2n) is 6.89. The van der Waals surface area contributed by atoms with Crippen LogP contribution < -0.4 is 0 Å². The van der Waals surface area contributed by atoms with Crippen molar-refractivity contribution in [3.05, 3.63) is 82.5 Å². The summed E-state index contributed by atoms with van der Waals surface area (Å²) < 4.78 is 1.92. The van der Waals surface area contributed by atoms with Crippen molar-refractivity contribution in [3.63, 3.8) is 0 Å². The third-order valence-corrected chi connectivity index (χ3v) is 5.96. The summed E-state index contributed by atoms with van der Waals surface area (Å²) in [5.41, 5.74) is 3.35. The number of aromatic nitrogens is 2. The van der Waals surface area contributed by atoms with Gasteiger partial charge in [-0.1, -0.05) is 65.8 Å². The molecule has 2 heterocycles. The van der Waals surface area contributed by atoms with Gasteiger partial charge in [-0.15, -0.1) is 0 Å². The molecule has 0 aliphatic carbocycles. The Morgan fingerprint density at radius 1 is 1.10 bits per heavy atom. The summed E-state index contributed by atoms with van der Waals surface area (Å²) in [6.45, 7) is 3.28. The van der Waals surface area contributed by atoms with Crippen LogP contribution in [0.5, 0.6) is 0 Å². The van der Waals surface area contributed by atoms with Crippen molar-refractivity contribution in [2.45, 2.75) is 19.9 Å². The van der Waals surface area contributed by atoms with Gasteiger partial charge in [0.1, 0.15) is 0 Å². The Labute approximate surface area is 179 Å². The molecule has 5 nitrogen and oxygen atoms in total. The average molecular weight is 425 g/mol. The Morgan fingerprint density at radius 2 is 1.86 bits per heavy atom. The summed E-state index contributed by atoms with van der Waals surface area (Å²) in [5, 5.41) is 6.06. The molecule has 0 unspecified atom stereocenters. The highest BCUT2D eigenvalue weighted by Gasteiger charge is 2.28. The van der Waals surface area contributed by atoms with E-state index in [1.165, 1.54) is 17.3 Å². The molecule has 0 N–H and O–H groups in total. The molecule has 4 rings (SSSR count). The Balaban J connectivity index is 1.48. The molecule has 2 aromatic carbocycles. The van der Waals surface area contributed by atoms with Crippen molar-refractivity contribution in [1.82, 2.24) is 14.7 Å². The lowest BCUT2D eigenvalue weighted by Crippen LogP contribution is -2.31. The zero-order valence-electron chi connectivity index (χ0n) is 16.1. The number of rotatable bonds is 6. The molecule has 0 spiro atoms. The van der Waals surface area contributed by atoms with E-state index in [0.717, 1.165) is 27.9 Å². The van der Waals surface area contributed by atoms with Gasteiger partial charge in [0.25, 0.3) is 0 Å². The zero-order valence-corrected chi connectivity index (χ0v) is 17.7. The Kier molecular flexibility index (Phi) is 6.02. The van der Waals surface area contributed by atoms with Crippen molar-refractivity contribution in [3.8, 4) is 0 Å². The first-order valence-corrected chi connectivity index (χ1v) is 10.8. The average Bonchev–Trinajstić information content (AvgIpc) is 3.25. The molecule has 148 valence electrons. The maximum atomic E-state index is 12.3. The number of halogens is 1. The number of hydrogen-bond donors (Lipinski definition) is 0. The smallest absolute Gasteiger partial charge is 0.239 e. The summed E-state index contributed by atoms with van der Waals surface area (Å²) in [6.07, 6.45) is 0.802. The van der Waals surface area contributed by atoms with Gasteiger partial charge in [-0.05, 0) is 36.6 Å². The van der Waals surface area contributed by atoms with Crippen LogP contribution in [-0.4, -0.2) is 38.1 Å². The van der Waals surface area contributed by atoms with E-state index in [2.05, 4.69) is 22.2 Å². The van der Waals surface area contributed by atoms with E-state index < -0.39 is 0 Å². The van der Waals surface area contributed by atoms with E-state index in [1.807, 2.05) is 60.1 Å². The van der Waals surface area contributed by atoms with E-state index in [1.54, 1.807) is 4.90 Å². The summed E-state index contributed by atoms with van der Waals surface area (Å²) in [5.74, 6) is 1.15. The van der Waals surface area contributed by atoms with E-state index in [9.17, 15) is 4.79 Å². The van der Waals surface area contributed by atoms with E-state index in [-0.39, 0.29) is 5.91 Å². The van der Waals surface area contributed by atoms with Crippen LogP contribution >= 0.6 is 23.4 Å². The fraction of sp³-hybridized carbons (Fsp3) is 0.227. The topological polar surface area (TPSA) is 50.5 Å². The molecule has 3 aromatic rings. The van der Waals surface area contributed by atoms with Crippen molar-refractivity contribution < 1.29 is 4.79 Å². The lowest BCUT2D eigenvalue weighted by Gasteiger charge is -2.15. The normalized spacial score (nSPS) is 15.4. The summed E-state index contributed by atoms with van der Waals surface area (Å²) >= 11 is 7.43. The quantitative estimate of drug-likeness (QED) is 0.576. The van der Waals surface area contributed by atoms with Crippen LogP contribution in [-0.2, 0) is 17.8 Å². The SMILES string of the molecule is Cc1cc(N=C2SCC(=O)N2CCc2ccccc2)nn1Cc1ccc(Cl)cc1. The second kappa shape index (κ2) is 8.84. The number of carbonyl (C=O) groups excluding carboxylic acids is 1. The molecule has 0 bridgehead atoms. The minimum atomic E-state index is 0.0991. The molecule has 7 heteroatoms. The van der Waals surface area contributed by atoms with E-state index in [4.69, 9.17) is 11.6 Å².